The average Bonchev–Trinajstić information content (AvgIpc) is 3.50. The Balaban J connectivity index is 1.53. The fraction of sp³-hybridized carbons (Fsp3) is 0.0833. The normalized spacial score (nSPS) is 11.0. The summed E-state index contributed by atoms with van der Waals surface area (Å²) in [5.74, 6) is 0.928. The molecule has 0 aliphatic rings. The first-order valence-electron chi connectivity index (χ1n) is 10.1. The summed E-state index contributed by atoms with van der Waals surface area (Å²) in [7, 11) is 0. The molecule has 9 heteroatoms. The first kappa shape index (κ1) is 20.3. The van der Waals surface area contributed by atoms with Crippen molar-refractivity contribution >= 4 is 5.69 Å². The smallest absolute Gasteiger partial charge is 0.271 e. The van der Waals surface area contributed by atoms with Crippen LogP contribution in [0.2, 0.25) is 0 Å². The first-order chi connectivity index (χ1) is 16.0. The molecular formula is C24H17N5O4. The first-order valence-corrected chi connectivity index (χ1v) is 10.1. The summed E-state index contributed by atoms with van der Waals surface area (Å²) in [5, 5.41) is 27.9. The Morgan fingerprint density at radius 3 is 1.33 bits per heavy atom. The van der Waals surface area contributed by atoms with Crippen LogP contribution in [-0.2, 0) is 0 Å². The Labute approximate surface area is 187 Å². The van der Waals surface area contributed by atoms with Gasteiger partial charge < -0.3 is 8.83 Å². The van der Waals surface area contributed by atoms with Crippen molar-refractivity contribution < 1.29 is 13.8 Å². The number of non-ortho nitro benzene ring substituents is 1. The monoisotopic (exact) mass is 439 g/mol. The van der Waals surface area contributed by atoms with Gasteiger partial charge in [-0.05, 0) is 44.2 Å². The van der Waals surface area contributed by atoms with Crippen molar-refractivity contribution in [2.75, 3.05) is 0 Å². The number of hydrogen-bond acceptors (Lipinski definition) is 8. The van der Waals surface area contributed by atoms with Crippen LogP contribution in [0.1, 0.15) is 11.1 Å². The van der Waals surface area contributed by atoms with E-state index in [1.165, 1.54) is 12.1 Å². The van der Waals surface area contributed by atoms with Gasteiger partial charge in [-0.3, -0.25) is 10.1 Å². The van der Waals surface area contributed by atoms with E-state index in [0.29, 0.717) is 22.9 Å². The van der Waals surface area contributed by atoms with Crippen LogP contribution in [0, 0.1) is 24.0 Å². The standard InChI is InChI=1S/C24H17N5O4/c1-14-3-7-16(8-4-14)21-25-27-23(32-21)18-11-19(13-20(12-18)29(30)31)24-28-26-22(33-24)17-9-5-15(2)6-10-17/h3-13H,1-2H3. The van der Waals surface area contributed by atoms with Gasteiger partial charge in [-0.15, -0.1) is 20.4 Å². The van der Waals surface area contributed by atoms with E-state index in [1.807, 2.05) is 62.4 Å². The van der Waals surface area contributed by atoms with Crippen LogP contribution in [0.15, 0.2) is 75.6 Å². The molecule has 9 nitrogen and oxygen atoms in total. The van der Waals surface area contributed by atoms with Gasteiger partial charge in [-0.25, -0.2) is 0 Å². The summed E-state index contributed by atoms with van der Waals surface area (Å²) in [6.45, 7) is 3.96. The van der Waals surface area contributed by atoms with Crippen molar-refractivity contribution in [1.82, 2.24) is 20.4 Å². The molecule has 0 spiro atoms. The largest absolute Gasteiger partial charge is 0.416 e. The van der Waals surface area contributed by atoms with Gasteiger partial charge in [0.05, 0.1) is 4.92 Å². The minimum Gasteiger partial charge on any atom is -0.416 e. The summed E-state index contributed by atoms with van der Waals surface area (Å²) < 4.78 is 11.6. The van der Waals surface area contributed by atoms with Crippen LogP contribution in [0.25, 0.3) is 45.8 Å². The van der Waals surface area contributed by atoms with Crippen molar-refractivity contribution in [1.29, 1.82) is 0 Å². The number of aryl methyl sites for hydroxylation is 2. The summed E-state index contributed by atoms with van der Waals surface area (Å²) in [4.78, 5) is 11.1. The Morgan fingerprint density at radius 1 is 0.606 bits per heavy atom. The molecular weight excluding hydrogens is 422 g/mol. The molecule has 0 unspecified atom stereocenters. The van der Waals surface area contributed by atoms with E-state index >= 15 is 0 Å². The second-order valence-corrected chi connectivity index (χ2v) is 7.58. The summed E-state index contributed by atoms with van der Waals surface area (Å²) in [6, 6.07) is 19.6. The van der Waals surface area contributed by atoms with Crippen molar-refractivity contribution in [2.24, 2.45) is 0 Å². The van der Waals surface area contributed by atoms with Gasteiger partial charge in [-0.2, -0.15) is 0 Å². The predicted molar refractivity (Wildman–Crippen MR) is 120 cm³/mol. The van der Waals surface area contributed by atoms with Crippen LogP contribution < -0.4 is 0 Å². The SMILES string of the molecule is Cc1ccc(-c2nnc(-c3cc(-c4nnc(-c5ccc(C)cc5)o4)cc([N+](=O)[O-])c3)o2)cc1. The van der Waals surface area contributed by atoms with Gasteiger partial charge in [0.1, 0.15) is 0 Å². The van der Waals surface area contributed by atoms with E-state index in [9.17, 15) is 10.1 Å². The lowest BCUT2D eigenvalue weighted by atomic mass is 10.1. The third-order valence-corrected chi connectivity index (χ3v) is 5.07. The van der Waals surface area contributed by atoms with Gasteiger partial charge in [0.2, 0.25) is 23.6 Å². The lowest BCUT2D eigenvalue weighted by Crippen LogP contribution is -1.91. The number of nitro benzene ring substituents is 1. The maximum Gasteiger partial charge on any atom is 0.271 e. The molecule has 0 aliphatic carbocycles. The third-order valence-electron chi connectivity index (χ3n) is 5.07. The number of nitrogens with zero attached hydrogens (tertiary/aromatic N) is 5. The molecule has 0 bridgehead atoms. The highest BCUT2D eigenvalue weighted by Crippen LogP contribution is 2.33. The van der Waals surface area contributed by atoms with Crippen LogP contribution in [0.4, 0.5) is 5.69 Å². The molecule has 0 amide bonds. The van der Waals surface area contributed by atoms with Crippen molar-refractivity contribution in [2.45, 2.75) is 13.8 Å². The average molecular weight is 439 g/mol. The Bertz CT molecular complexity index is 1350. The second-order valence-electron chi connectivity index (χ2n) is 7.58. The van der Waals surface area contributed by atoms with Crippen LogP contribution in [0.3, 0.4) is 0 Å². The van der Waals surface area contributed by atoms with E-state index in [2.05, 4.69) is 20.4 Å². The van der Waals surface area contributed by atoms with Gasteiger partial charge in [-0.1, -0.05) is 35.4 Å². The zero-order valence-corrected chi connectivity index (χ0v) is 17.7. The molecule has 0 N–H and O–H groups in total. The maximum atomic E-state index is 11.6. The molecule has 0 saturated carbocycles. The zero-order valence-electron chi connectivity index (χ0n) is 17.7. The molecule has 2 aromatic heterocycles. The summed E-state index contributed by atoms with van der Waals surface area (Å²) in [5.41, 5.74) is 4.31. The number of benzene rings is 3. The molecule has 5 rings (SSSR count). The van der Waals surface area contributed by atoms with Crippen molar-refractivity contribution in [3.8, 4) is 45.8 Å². The highest BCUT2D eigenvalue weighted by atomic mass is 16.6. The van der Waals surface area contributed by atoms with Crippen LogP contribution in [0.5, 0.6) is 0 Å². The molecule has 5 aromatic rings. The molecule has 0 fully saturated rings. The molecule has 0 radical (unpaired) electrons. The fourth-order valence-electron chi connectivity index (χ4n) is 3.27. The van der Waals surface area contributed by atoms with Crippen LogP contribution in [-0.4, -0.2) is 25.3 Å². The fourth-order valence-corrected chi connectivity index (χ4v) is 3.27. The minimum absolute atomic E-state index is 0.147. The molecule has 0 atom stereocenters. The number of rotatable bonds is 5. The number of hydrogen-bond donors (Lipinski definition) is 0. The minimum atomic E-state index is -0.499. The van der Waals surface area contributed by atoms with E-state index < -0.39 is 4.92 Å². The van der Waals surface area contributed by atoms with E-state index in [1.54, 1.807) is 6.07 Å². The number of nitro groups is 1. The van der Waals surface area contributed by atoms with Gasteiger partial charge >= 0.3 is 0 Å². The quantitative estimate of drug-likeness (QED) is 0.254. The third kappa shape index (κ3) is 4.11. The van der Waals surface area contributed by atoms with Gasteiger partial charge in [0.15, 0.2) is 0 Å². The lowest BCUT2D eigenvalue weighted by molar-refractivity contribution is -0.384. The lowest BCUT2D eigenvalue weighted by Gasteiger charge is -2.01. The highest BCUT2D eigenvalue weighted by molar-refractivity contribution is 5.70. The zero-order chi connectivity index (χ0) is 22.9. The second kappa shape index (κ2) is 8.12. The van der Waals surface area contributed by atoms with Crippen LogP contribution >= 0.6 is 0 Å². The Morgan fingerprint density at radius 2 is 0.970 bits per heavy atom. The van der Waals surface area contributed by atoms with Crippen molar-refractivity contribution in [3.05, 3.63) is 88.0 Å². The predicted octanol–water partition coefficient (Wildman–Crippen LogP) is 5.65. The molecule has 3 aromatic carbocycles. The topological polar surface area (TPSA) is 121 Å². The molecule has 33 heavy (non-hydrogen) atoms. The van der Waals surface area contributed by atoms with Gasteiger partial charge in [0.25, 0.3) is 5.69 Å². The molecule has 162 valence electrons. The van der Waals surface area contributed by atoms with Crippen molar-refractivity contribution in [3.63, 3.8) is 0 Å². The van der Waals surface area contributed by atoms with E-state index in [0.717, 1.165) is 22.3 Å². The Hall–Kier alpha value is -4.66. The summed E-state index contributed by atoms with van der Waals surface area (Å²) in [6.07, 6.45) is 0. The number of aromatic nitrogens is 4. The molecule has 0 saturated heterocycles. The molecule has 0 aliphatic heterocycles. The highest BCUT2D eigenvalue weighted by Gasteiger charge is 2.20. The van der Waals surface area contributed by atoms with E-state index in [4.69, 9.17) is 8.83 Å². The summed E-state index contributed by atoms with van der Waals surface area (Å²) >= 11 is 0. The van der Waals surface area contributed by atoms with Gasteiger partial charge in [0, 0.05) is 34.4 Å². The Kier molecular flexibility index (Phi) is 4.98. The molecule has 2 heterocycles. The maximum absolute atomic E-state index is 11.6. The van der Waals surface area contributed by atoms with E-state index in [-0.39, 0.29) is 17.5 Å².